The van der Waals surface area contributed by atoms with Gasteiger partial charge in [0.1, 0.15) is 11.7 Å². The first-order valence-corrected chi connectivity index (χ1v) is 4.25. The summed E-state index contributed by atoms with van der Waals surface area (Å²) < 4.78 is 1.41. The van der Waals surface area contributed by atoms with Crippen LogP contribution in [0.4, 0.5) is 0 Å². The average molecular weight is 201 g/mol. The van der Waals surface area contributed by atoms with Gasteiger partial charge in [0.25, 0.3) is 0 Å². The molecular weight excluding hydrogens is 194 g/mol. The van der Waals surface area contributed by atoms with Gasteiger partial charge < -0.3 is 5.11 Å². The number of fused-ring (bicyclic) bond motifs is 1. The van der Waals surface area contributed by atoms with Gasteiger partial charge in [-0.1, -0.05) is 0 Å². The summed E-state index contributed by atoms with van der Waals surface area (Å²) in [4.78, 5) is 15.0. The van der Waals surface area contributed by atoms with Crippen LogP contribution in [0.15, 0.2) is 18.3 Å². The average Bonchev–Trinajstić information content (AvgIpc) is 2.52. The van der Waals surface area contributed by atoms with Gasteiger partial charge in [-0.05, 0) is 19.1 Å². The summed E-state index contributed by atoms with van der Waals surface area (Å²) in [5, 5.41) is 17.7. The van der Waals surface area contributed by atoms with E-state index in [9.17, 15) is 4.79 Å². The van der Waals surface area contributed by atoms with E-state index in [1.54, 1.807) is 19.1 Å². The second-order valence-electron chi connectivity index (χ2n) is 3.11. The number of nitrogens with zero attached hydrogens (tertiary/aromatic N) is 3. The number of carbonyl (C=O) groups is 1. The summed E-state index contributed by atoms with van der Waals surface area (Å²) in [5.74, 6) is -1.05. The highest BCUT2D eigenvalue weighted by Gasteiger charge is 2.15. The largest absolute Gasteiger partial charge is 0.477 e. The van der Waals surface area contributed by atoms with Gasteiger partial charge in [0.15, 0.2) is 5.69 Å². The molecule has 2 rings (SSSR count). The van der Waals surface area contributed by atoms with Gasteiger partial charge in [-0.3, -0.25) is 4.40 Å². The number of aromatic carboxylic acids is 1. The number of carboxylic acid groups (broad SMARTS) is 1. The van der Waals surface area contributed by atoms with Crippen molar-refractivity contribution in [2.45, 2.75) is 6.92 Å². The monoisotopic (exact) mass is 201 g/mol. The number of hydrogen-bond donors (Lipinski definition) is 1. The number of carboxylic acids is 1. The standard InChI is InChI=1S/C10H7N3O2/c1-6-9(10(14)15)13-5-7(4-11)2-3-8(13)12-6/h2-3,5H,1H3,(H,14,15). The summed E-state index contributed by atoms with van der Waals surface area (Å²) in [5.41, 5.74) is 1.48. The molecule has 74 valence electrons. The van der Waals surface area contributed by atoms with E-state index >= 15 is 0 Å². The Kier molecular flexibility index (Phi) is 1.90. The zero-order valence-electron chi connectivity index (χ0n) is 7.93. The fourth-order valence-corrected chi connectivity index (χ4v) is 1.49. The molecule has 5 nitrogen and oxygen atoms in total. The van der Waals surface area contributed by atoms with Crippen molar-refractivity contribution in [1.82, 2.24) is 9.38 Å². The van der Waals surface area contributed by atoms with Crippen LogP contribution in [0.3, 0.4) is 0 Å². The molecule has 5 heteroatoms. The van der Waals surface area contributed by atoms with E-state index < -0.39 is 5.97 Å². The molecule has 2 aromatic heterocycles. The normalized spacial score (nSPS) is 10.1. The Morgan fingerprint density at radius 3 is 2.93 bits per heavy atom. The minimum atomic E-state index is -1.05. The molecule has 2 heterocycles. The number of imidazole rings is 1. The number of nitriles is 1. The summed E-state index contributed by atoms with van der Waals surface area (Å²) >= 11 is 0. The third kappa shape index (κ3) is 1.32. The molecule has 0 bridgehead atoms. The number of aromatic nitrogens is 2. The first-order chi connectivity index (χ1) is 7.13. The molecule has 0 amide bonds. The first-order valence-electron chi connectivity index (χ1n) is 4.25. The molecule has 0 saturated heterocycles. The SMILES string of the molecule is Cc1nc2ccc(C#N)cn2c1C(=O)O. The van der Waals surface area contributed by atoms with Crippen LogP contribution in [0.5, 0.6) is 0 Å². The fraction of sp³-hybridized carbons (Fsp3) is 0.100. The summed E-state index contributed by atoms with van der Waals surface area (Å²) in [6, 6.07) is 5.18. The topological polar surface area (TPSA) is 78.4 Å². The van der Waals surface area contributed by atoms with Gasteiger partial charge >= 0.3 is 5.97 Å². The molecule has 15 heavy (non-hydrogen) atoms. The molecule has 0 fully saturated rings. The molecular formula is C10H7N3O2. The van der Waals surface area contributed by atoms with Gasteiger partial charge in [0.05, 0.1) is 11.3 Å². The maximum atomic E-state index is 11.0. The molecule has 0 aliphatic carbocycles. The highest BCUT2D eigenvalue weighted by Crippen LogP contribution is 2.13. The molecule has 1 N–H and O–H groups in total. The number of aryl methyl sites for hydroxylation is 1. The van der Waals surface area contributed by atoms with Crippen molar-refractivity contribution < 1.29 is 9.90 Å². The molecule has 0 aromatic carbocycles. The van der Waals surface area contributed by atoms with E-state index in [4.69, 9.17) is 10.4 Å². The van der Waals surface area contributed by atoms with Crippen LogP contribution in [0, 0.1) is 18.3 Å². The Labute approximate surface area is 85.2 Å². The zero-order chi connectivity index (χ0) is 11.0. The number of hydrogen-bond acceptors (Lipinski definition) is 3. The van der Waals surface area contributed by atoms with E-state index in [0.717, 1.165) is 0 Å². The van der Waals surface area contributed by atoms with Crippen LogP contribution in [0.2, 0.25) is 0 Å². The predicted octanol–water partition coefficient (Wildman–Crippen LogP) is 1.21. The van der Waals surface area contributed by atoms with Crippen LogP contribution in [-0.4, -0.2) is 20.5 Å². The van der Waals surface area contributed by atoms with Crippen molar-refractivity contribution in [3.05, 3.63) is 35.3 Å². The quantitative estimate of drug-likeness (QED) is 0.752. The van der Waals surface area contributed by atoms with Crippen molar-refractivity contribution in [3.63, 3.8) is 0 Å². The van der Waals surface area contributed by atoms with Gasteiger partial charge in [-0.25, -0.2) is 9.78 Å². The molecule has 0 aliphatic heterocycles. The third-order valence-electron chi connectivity index (χ3n) is 2.12. The van der Waals surface area contributed by atoms with Crippen LogP contribution in [0.1, 0.15) is 21.7 Å². The van der Waals surface area contributed by atoms with Crippen LogP contribution in [-0.2, 0) is 0 Å². The highest BCUT2D eigenvalue weighted by atomic mass is 16.4. The van der Waals surface area contributed by atoms with E-state index in [1.807, 2.05) is 6.07 Å². The maximum Gasteiger partial charge on any atom is 0.354 e. The Bertz CT molecular complexity index is 592. The Morgan fingerprint density at radius 2 is 2.33 bits per heavy atom. The van der Waals surface area contributed by atoms with Crippen LogP contribution in [0.25, 0.3) is 5.65 Å². The smallest absolute Gasteiger partial charge is 0.354 e. The molecule has 0 spiro atoms. The molecule has 2 aromatic rings. The lowest BCUT2D eigenvalue weighted by atomic mass is 10.3. The Balaban J connectivity index is 2.85. The lowest BCUT2D eigenvalue weighted by Crippen LogP contribution is -2.03. The van der Waals surface area contributed by atoms with Crippen LogP contribution >= 0.6 is 0 Å². The van der Waals surface area contributed by atoms with Gasteiger partial charge in [-0.2, -0.15) is 5.26 Å². The lowest BCUT2D eigenvalue weighted by Gasteiger charge is -1.97. The van der Waals surface area contributed by atoms with Gasteiger partial charge in [0.2, 0.25) is 0 Å². The molecule has 0 unspecified atom stereocenters. The minimum Gasteiger partial charge on any atom is -0.477 e. The van der Waals surface area contributed by atoms with Crippen molar-refractivity contribution >= 4 is 11.6 Å². The van der Waals surface area contributed by atoms with E-state index in [-0.39, 0.29) is 5.69 Å². The van der Waals surface area contributed by atoms with Crippen molar-refractivity contribution in [2.24, 2.45) is 0 Å². The van der Waals surface area contributed by atoms with Crippen molar-refractivity contribution in [1.29, 1.82) is 5.26 Å². The van der Waals surface area contributed by atoms with E-state index in [1.165, 1.54) is 10.6 Å². The second kappa shape index (κ2) is 3.10. The number of pyridine rings is 1. The first kappa shape index (κ1) is 9.21. The summed E-state index contributed by atoms with van der Waals surface area (Å²) in [7, 11) is 0. The Morgan fingerprint density at radius 1 is 1.60 bits per heavy atom. The summed E-state index contributed by atoms with van der Waals surface area (Å²) in [6.07, 6.45) is 1.47. The third-order valence-corrected chi connectivity index (χ3v) is 2.12. The van der Waals surface area contributed by atoms with E-state index in [2.05, 4.69) is 4.98 Å². The molecule has 0 aliphatic rings. The van der Waals surface area contributed by atoms with Gasteiger partial charge in [0, 0.05) is 6.20 Å². The zero-order valence-corrected chi connectivity index (χ0v) is 7.93. The maximum absolute atomic E-state index is 11.0. The molecule has 0 saturated carbocycles. The van der Waals surface area contributed by atoms with Gasteiger partial charge in [-0.15, -0.1) is 0 Å². The highest BCUT2D eigenvalue weighted by molar-refractivity contribution is 5.88. The van der Waals surface area contributed by atoms with Crippen molar-refractivity contribution in [2.75, 3.05) is 0 Å². The van der Waals surface area contributed by atoms with E-state index in [0.29, 0.717) is 16.9 Å². The summed E-state index contributed by atoms with van der Waals surface area (Å²) in [6.45, 7) is 1.63. The second-order valence-corrected chi connectivity index (χ2v) is 3.11. The molecule has 0 radical (unpaired) electrons. The minimum absolute atomic E-state index is 0.0992. The Hall–Kier alpha value is -2.35. The fourth-order valence-electron chi connectivity index (χ4n) is 1.49. The number of rotatable bonds is 1. The van der Waals surface area contributed by atoms with Crippen LogP contribution < -0.4 is 0 Å². The lowest BCUT2D eigenvalue weighted by molar-refractivity contribution is 0.0688. The molecule has 0 atom stereocenters. The predicted molar refractivity (Wildman–Crippen MR) is 51.6 cm³/mol. The van der Waals surface area contributed by atoms with Crippen molar-refractivity contribution in [3.8, 4) is 6.07 Å².